The third-order valence-electron chi connectivity index (χ3n) is 10.8. The molecule has 4 aliphatic rings. The zero-order chi connectivity index (χ0) is 26.9. The first-order chi connectivity index (χ1) is 20.3. The van der Waals surface area contributed by atoms with Gasteiger partial charge in [0.1, 0.15) is 0 Å². The molecule has 0 aromatic heterocycles. The number of rotatable bonds is 0. The first-order valence-corrected chi connectivity index (χ1v) is 15.3. The predicted octanol–water partition coefficient (Wildman–Crippen LogP) is 9.97. The van der Waals surface area contributed by atoms with Crippen LogP contribution >= 0.6 is 15.9 Å². The van der Waals surface area contributed by atoms with Crippen LogP contribution in [0.4, 0.5) is 0 Å². The highest BCUT2D eigenvalue weighted by Gasteiger charge is 2.69. The maximum absolute atomic E-state index is 3.91. The van der Waals surface area contributed by atoms with Crippen molar-refractivity contribution in [2.75, 3.05) is 0 Å². The van der Waals surface area contributed by atoms with Crippen LogP contribution in [0.3, 0.4) is 0 Å². The van der Waals surface area contributed by atoms with Crippen LogP contribution in [-0.4, -0.2) is 0 Å². The molecule has 41 heavy (non-hydrogen) atoms. The third-order valence-corrected chi connectivity index (χ3v) is 11.2. The molecule has 2 atom stereocenters. The Morgan fingerprint density at radius 2 is 0.732 bits per heavy atom. The smallest absolute Gasteiger partial charge is 0.0541 e. The molecule has 2 unspecified atom stereocenters. The molecule has 0 radical (unpaired) electrons. The largest absolute Gasteiger partial charge is 0.0620 e. The van der Waals surface area contributed by atoms with E-state index in [0.29, 0.717) is 0 Å². The van der Waals surface area contributed by atoms with Crippen LogP contribution < -0.4 is 0 Å². The van der Waals surface area contributed by atoms with Gasteiger partial charge in [0.15, 0.2) is 0 Å². The molecule has 0 saturated carbocycles. The molecule has 192 valence electrons. The zero-order valence-electron chi connectivity index (χ0n) is 22.3. The Hall–Kier alpha value is -4.20. The second-order valence-corrected chi connectivity index (χ2v) is 13.0. The van der Waals surface area contributed by atoms with E-state index < -0.39 is 0 Å². The van der Waals surface area contributed by atoms with Crippen LogP contribution in [0.2, 0.25) is 0 Å². The SMILES string of the molecule is Brc1ccc2c(c1)C1(c3ccccc3-c3ccccc31)C1c3ccccc3C3(c4ccccc4-c4ccccc43)C21. The number of hydrogen-bond acceptors (Lipinski definition) is 0. The van der Waals surface area contributed by atoms with Crippen LogP contribution in [0, 0.1) is 0 Å². The van der Waals surface area contributed by atoms with Gasteiger partial charge in [-0.25, -0.2) is 0 Å². The van der Waals surface area contributed by atoms with E-state index in [-0.39, 0.29) is 22.7 Å². The third kappa shape index (κ3) is 2.35. The van der Waals surface area contributed by atoms with Gasteiger partial charge in [0, 0.05) is 16.3 Å². The van der Waals surface area contributed by atoms with E-state index in [2.05, 4.69) is 155 Å². The molecule has 2 spiro atoms. The lowest BCUT2D eigenvalue weighted by molar-refractivity contribution is 0.425. The number of benzene rings is 6. The van der Waals surface area contributed by atoms with Crippen LogP contribution in [-0.2, 0) is 10.8 Å². The second-order valence-electron chi connectivity index (χ2n) is 12.1. The van der Waals surface area contributed by atoms with Crippen molar-refractivity contribution in [3.05, 3.63) is 189 Å². The number of hydrogen-bond donors (Lipinski definition) is 0. The van der Waals surface area contributed by atoms with Crippen LogP contribution in [0.25, 0.3) is 22.3 Å². The predicted molar refractivity (Wildman–Crippen MR) is 170 cm³/mol. The van der Waals surface area contributed by atoms with E-state index in [9.17, 15) is 0 Å². The molecule has 4 aliphatic carbocycles. The van der Waals surface area contributed by atoms with Crippen molar-refractivity contribution in [3.8, 4) is 22.3 Å². The van der Waals surface area contributed by atoms with Crippen molar-refractivity contribution in [2.24, 2.45) is 0 Å². The Labute approximate surface area is 248 Å². The lowest BCUT2D eigenvalue weighted by Crippen LogP contribution is -2.34. The van der Waals surface area contributed by atoms with E-state index in [1.54, 1.807) is 0 Å². The van der Waals surface area contributed by atoms with Gasteiger partial charge in [-0.05, 0) is 78.9 Å². The molecule has 0 nitrogen and oxygen atoms in total. The number of fused-ring (bicyclic) bond motifs is 19. The van der Waals surface area contributed by atoms with Crippen molar-refractivity contribution < 1.29 is 0 Å². The van der Waals surface area contributed by atoms with Crippen LogP contribution in [0.1, 0.15) is 56.3 Å². The summed E-state index contributed by atoms with van der Waals surface area (Å²) in [6.45, 7) is 0. The van der Waals surface area contributed by atoms with Gasteiger partial charge in [-0.2, -0.15) is 0 Å². The maximum Gasteiger partial charge on any atom is 0.0541 e. The standard InChI is InChI=1S/C40H25Br/c41-24-21-22-30-36(23-24)40(33-18-8-3-13-27(33)28-14-4-9-19-34(28)40)37-29-15-5-10-20-35(29)39(38(30)37)31-16-6-1-11-25(31)26-12-2-7-17-32(26)39/h1-23,37-38H. The van der Waals surface area contributed by atoms with E-state index in [0.717, 1.165) is 4.47 Å². The first kappa shape index (κ1) is 22.5. The zero-order valence-corrected chi connectivity index (χ0v) is 23.9. The second kappa shape index (κ2) is 7.55. The summed E-state index contributed by atoms with van der Waals surface area (Å²) in [4.78, 5) is 0. The van der Waals surface area contributed by atoms with E-state index >= 15 is 0 Å². The molecule has 0 heterocycles. The highest BCUT2D eigenvalue weighted by molar-refractivity contribution is 9.10. The van der Waals surface area contributed by atoms with Crippen LogP contribution in [0.5, 0.6) is 0 Å². The molecule has 6 aromatic rings. The molecule has 10 rings (SSSR count). The van der Waals surface area contributed by atoms with Crippen molar-refractivity contribution in [3.63, 3.8) is 0 Å². The van der Waals surface area contributed by atoms with Gasteiger partial charge in [-0.3, -0.25) is 0 Å². The van der Waals surface area contributed by atoms with Gasteiger partial charge in [0.2, 0.25) is 0 Å². The topological polar surface area (TPSA) is 0 Å². The highest BCUT2D eigenvalue weighted by Crippen LogP contribution is 2.77. The summed E-state index contributed by atoms with van der Waals surface area (Å²) in [7, 11) is 0. The van der Waals surface area contributed by atoms with Gasteiger partial charge in [0.25, 0.3) is 0 Å². The normalized spacial score (nSPS) is 20.2. The number of halogens is 1. The Bertz CT molecular complexity index is 2010. The quantitative estimate of drug-likeness (QED) is 0.166. The van der Waals surface area contributed by atoms with E-state index in [1.165, 1.54) is 66.8 Å². The summed E-state index contributed by atoms with van der Waals surface area (Å²) in [6, 6.07) is 53.3. The fourth-order valence-electron chi connectivity index (χ4n) is 9.72. The monoisotopic (exact) mass is 584 g/mol. The minimum atomic E-state index is -0.275. The Morgan fingerprint density at radius 1 is 0.366 bits per heavy atom. The molecule has 0 N–H and O–H groups in total. The molecule has 0 amide bonds. The van der Waals surface area contributed by atoms with Crippen LogP contribution in [0.15, 0.2) is 144 Å². The average molecular weight is 586 g/mol. The summed E-state index contributed by atoms with van der Waals surface area (Å²) < 4.78 is 1.15. The Balaban J connectivity index is 1.43. The van der Waals surface area contributed by atoms with Crippen molar-refractivity contribution in [1.29, 1.82) is 0 Å². The molecule has 6 aromatic carbocycles. The molecule has 1 heteroatoms. The lowest BCUT2D eigenvalue weighted by atomic mass is 9.62. The molecule has 0 saturated heterocycles. The minimum absolute atomic E-state index is 0.256. The van der Waals surface area contributed by atoms with Crippen molar-refractivity contribution >= 4 is 15.9 Å². The molecular weight excluding hydrogens is 560 g/mol. The Kier molecular flexibility index (Phi) is 4.14. The Morgan fingerprint density at radius 3 is 1.22 bits per heavy atom. The molecule has 0 fully saturated rings. The molecule has 0 bridgehead atoms. The van der Waals surface area contributed by atoms with Crippen molar-refractivity contribution in [1.82, 2.24) is 0 Å². The summed E-state index contributed by atoms with van der Waals surface area (Å²) in [5, 5.41) is 0. The van der Waals surface area contributed by atoms with Gasteiger partial charge >= 0.3 is 0 Å². The van der Waals surface area contributed by atoms with E-state index in [4.69, 9.17) is 0 Å². The van der Waals surface area contributed by atoms with E-state index in [1.807, 2.05) is 0 Å². The summed E-state index contributed by atoms with van der Waals surface area (Å²) in [6.07, 6.45) is 0. The highest BCUT2D eigenvalue weighted by atomic mass is 79.9. The summed E-state index contributed by atoms with van der Waals surface area (Å²) in [5.74, 6) is 0.513. The van der Waals surface area contributed by atoms with Gasteiger partial charge in [0.05, 0.1) is 10.8 Å². The summed E-state index contributed by atoms with van der Waals surface area (Å²) >= 11 is 3.91. The fraction of sp³-hybridized carbons (Fsp3) is 0.100. The van der Waals surface area contributed by atoms with Gasteiger partial charge in [-0.1, -0.05) is 143 Å². The minimum Gasteiger partial charge on any atom is -0.0620 e. The van der Waals surface area contributed by atoms with Gasteiger partial charge in [-0.15, -0.1) is 0 Å². The lowest BCUT2D eigenvalue weighted by Gasteiger charge is -2.38. The summed E-state index contributed by atoms with van der Waals surface area (Å²) in [5.41, 5.74) is 16.7. The van der Waals surface area contributed by atoms with Gasteiger partial charge < -0.3 is 0 Å². The maximum atomic E-state index is 3.91. The van der Waals surface area contributed by atoms with Crippen molar-refractivity contribution in [2.45, 2.75) is 22.7 Å². The first-order valence-electron chi connectivity index (χ1n) is 14.6. The fourth-order valence-corrected chi connectivity index (χ4v) is 10.1. The molecule has 0 aliphatic heterocycles. The average Bonchev–Trinajstić information content (AvgIpc) is 3.70. The molecular formula is C40H25Br.